The summed E-state index contributed by atoms with van der Waals surface area (Å²) < 4.78 is 23.7. The van der Waals surface area contributed by atoms with Crippen molar-refractivity contribution in [1.82, 2.24) is 0 Å². The Balaban J connectivity index is 1.41. The van der Waals surface area contributed by atoms with Gasteiger partial charge in [0.25, 0.3) is 0 Å². The van der Waals surface area contributed by atoms with Crippen LogP contribution in [-0.2, 0) is 45.4 Å². The molecule has 0 saturated heterocycles. The highest BCUT2D eigenvalue weighted by atomic mass is 16.7. The topological polar surface area (TPSA) is 77.4 Å². The molecule has 2 N–H and O–H groups in total. The van der Waals surface area contributed by atoms with Crippen LogP contribution in [-0.4, -0.2) is 21.8 Å². The summed E-state index contributed by atoms with van der Waals surface area (Å²) in [5.74, 6) is -1.03. The average molecular weight is 467 g/mol. The summed E-state index contributed by atoms with van der Waals surface area (Å²) in [6.45, 7) is 9.18. The van der Waals surface area contributed by atoms with Gasteiger partial charge in [-0.2, -0.15) is 0 Å². The zero-order valence-corrected chi connectivity index (χ0v) is 20.3. The molecule has 0 spiro atoms. The molecule has 0 radical (unpaired) electrons. The van der Waals surface area contributed by atoms with E-state index in [1.54, 1.807) is 24.3 Å². The smallest absolute Gasteiger partial charge is 0.163 e. The monoisotopic (exact) mass is 466 g/mol. The number of ether oxygens (including phenoxy) is 4. The predicted molar refractivity (Wildman–Crippen MR) is 130 cm³/mol. The number of hydrogen-bond donors (Lipinski definition) is 2. The molecule has 0 aliphatic carbocycles. The van der Waals surface area contributed by atoms with Gasteiger partial charge in [0.2, 0.25) is 0 Å². The lowest BCUT2D eigenvalue weighted by atomic mass is 10.1. The highest BCUT2D eigenvalue weighted by molar-refractivity contribution is 5.26. The molecule has 182 valence electrons. The van der Waals surface area contributed by atoms with Gasteiger partial charge in [-0.25, -0.2) is 0 Å². The van der Waals surface area contributed by atoms with Gasteiger partial charge in [-0.3, -0.25) is 0 Å². The molecule has 3 rings (SSSR count). The summed E-state index contributed by atoms with van der Waals surface area (Å²) >= 11 is 0. The highest BCUT2D eigenvalue weighted by Gasteiger charge is 2.20. The number of phenolic OH excluding ortho intramolecular Hbond substituents is 2. The van der Waals surface area contributed by atoms with E-state index < -0.39 is 11.6 Å². The van der Waals surface area contributed by atoms with Gasteiger partial charge < -0.3 is 29.2 Å². The van der Waals surface area contributed by atoms with Crippen molar-refractivity contribution in [2.75, 3.05) is 0 Å². The van der Waals surface area contributed by atoms with Crippen molar-refractivity contribution in [3.05, 3.63) is 95.1 Å². The van der Waals surface area contributed by atoms with Crippen molar-refractivity contribution in [3.63, 3.8) is 0 Å². The van der Waals surface area contributed by atoms with Crippen LogP contribution in [0.2, 0.25) is 0 Å². The number of aromatic hydroxyl groups is 2. The van der Waals surface area contributed by atoms with E-state index in [4.69, 9.17) is 18.9 Å². The Kier molecular flexibility index (Phi) is 8.69. The molecule has 0 saturated carbocycles. The second kappa shape index (κ2) is 11.5. The molecule has 3 aromatic carbocycles. The normalized spacial score (nSPS) is 12.1. The lowest BCUT2D eigenvalue weighted by molar-refractivity contribution is -0.227. The van der Waals surface area contributed by atoms with Crippen molar-refractivity contribution in [2.24, 2.45) is 0 Å². The molecule has 0 aliphatic rings. The van der Waals surface area contributed by atoms with Gasteiger partial charge in [-0.15, -0.1) is 0 Å². The molecule has 0 aromatic heterocycles. The van der Waals surface area contributed by atoms with Gasteiger partial charge in [0.1, 0.15) is 11.5 Å². The molecule has 6 heteroatoms. The Bertz CT molecular complexity index is 924. The molecular formula is C28H34O6. The fraction of sp³-hybridized carbons (Fsp3) is 0.357. The minimum Gasteiger partial charge on any atom is -0.508 e. The molecule has 34 heavy (non-hydrogen) atoms. The third kappa shape index (κ3) is 8.80. The molecule has 0 aliphatic heterocycles. The van der Waals surface area contributed by atoms with Crippen LogP contribution in [0.5, 0.6) is 11.5 Å². The van der Waals surface area contributed by atoms with Gasteiger partial charge in [0.15, 0.2) is 11.6 Å². The van der Waals surface area contributed by atoms with E-state index >= 15 is 0 Å². The lowest BCUT2D eigenvalue weighted by Crippen LogP contribution is -2.28. The Morgan fingerprint density at radius 3 is 0.882 bits per heavy atom. The SMILES string of the molecule is CC(C)(OCc1ccc(O)cc1)OCc1ccc(COC(C)(C)OCc2ccc(O)cc2)cc1. The maximum atomic E-state index is 9.38. The first-order valence-corrected chi connectivity index (χ1v) is 11.3. The van der Waals surface area contributed by atoms with Crippen molar-refractivity contribution in [1.29, 1.82) is 0 Å². The highest BCUT2D eigenvalue weighted by Crippen LogP contribution is 2.21. The first-order valence-electron chi connectivity index (χ1n) is 11.3. The predicted octanol–water partition coefficient (Wildman–Crippen LogP) is 6.04. The van der Waals surface area contributed by atoms with Crippen molar-refractivity contribution in [3.8, 4) is 11.5 Å². The number of benzene rings is 3. The molecule has 0 unspecified atom stereocenters. The second-order valence-corrected chi connectivity index (χ2v) is 9.10. The molecule has 6 nitrogen and oxygen atoms in total. The molecule has 0 heterocycles. The Hall–Kier alpha value is -2.90. The third-order valence-electron chi connectivity index (χ3n) is 5.24. The van der Waals surface area contributed by atoms with E-state index in [9.17, 15) is 10.2 Å². The van der Waals surface area contributed by atoms with E-state index in [-0.39, 0.29) is 11.5 Å². The van der Waals surface area contributed by atoms with Crippen LogP contribution < -0.4 is 0 Å². The van der Waals surface area contributed by atoms with Crippen LogP contribution in [0.15, 0.2) is 72.8 Å². The first-order chi connectivity index (χ1) is 16.1. The third-order valence-corrected chi connectivity index (χ3v) is 5.24. The van der Waals surface area contributed by atoms with E-state index in [0.29, 0.717) is 26.4 Å². The van der Waals surface area contributed by atoms with Gasteiger partial charge in [0.05, 0.1) is 26.4 Å². The van der Waals surface area contributed by atoms with Gasteiger partial charge >= 0.3 is 0 Å². The Morgan fingerprint density at radius 1 is 0.441 bits per heavy atom. The van der Waals surface area contributed by atoms with E-state index in [0.717, 1.165) is 22.3 Å². The maximum absolute atomic E-state index is 9.38. The largest absolute Gasteiger partial charge is 0.508 e. The molecule has 0 atom stereocenters. The van der Waals surface area contributed by atoms with Crippen LogP contribution in [0.1, 0.15) is 49.9 Å². The minimum atomic E-state index is -0.751. The standard InChI is InChI=1S/C28H34O6/c1-27(2,33-19-23-9-13-25(29)14-10-23)31-17-21-5-7-22(8-6-21)18-32-28(3,4)34-20-24-11-15-26(30)16-12-24/h5-16,29-30H,17-20H2,1-4H3. The first kappa shape index (κ1) is 25.7. The maximum Gasteiger partial charge on any atom is 0.163 e. The van der Waals surface area contributed by atoms with Crippen LogP contribution in [0, 0.1) is 0 Å². The zero-order valence-electron chi connectivity index (χ0n) is 20.3. The number of phenols is 2. The van der Waals surface area contributed by atoms with Crippen LogP contribution in [0.4, 0.5) is 0 Å². The Labute approximate surface area is 201 Å². The lowest BCUT2D eigenvalue weighted by Gasteiger charge is -2.26. The van der Waals surface area contributed by atoms with E-state index in [1.807, 2.05) is 76.2 Å². The molecule has 0 fully saturated rings. The van der Waals surface area contributed by atoms with Crippen LogP contribution in [0.3, 0.4) is 0 Å². The molecular weight excluding hydrogens is 432 g/mol. The van der Waals surface area contributed by atoms with E-state index in [1.165, 1.54) is 0 Å². The van der Waals surface area contributed by atoms with E-state index in [2.05, 4.69) is 0 Å². The van der Waals surface area contributed by atoms with Crippen molar-refractivity contribution in [2.45, 2.75) is 65.7 Å². The van der Waals surface area contributed by atoms with Crippen LogP contribution in [0.25, 0.3) is 0 Å². The van der Waals surface area contributed by atoms with Gasteiger partial charge in [-0.1, -0.05) is 48.5 Å². The fourth-order valence-electron chi connectivity index (χ4n) is 3.03. The van der Waals surface area contributed by atoms with Crippen molar-refractivity contribution < 1.29 is 29.2 Å². The minimum absolute atomic E-state index is 0.235. The Morgan fingerprint density at radius 2 is 0.647 bits per heavy atom. The van der Waals surface area contributed by atoms with Crippen LogP contribution >= 0.6 is 0 Å². The number of rotatable bonds is 12. The summed E-state index contributed by atoms with van der Waals surface area (Å²) in [7, 11) is 0. The summed E-state index contributed by atoms with van der Waals surface area (Å²) in [6.07, 6.45) is 0. The summed E-state index contributed by atoms with van der Waals surface area (Å²) in [5.41, 5.74) is 4.00. The summed E-state index contributed by atoms with van der Waals surface area (Å²) in [6, 6.07) is 21.9. The fourth-order valence-corrected chi connectivity index (χ4v) is 3.03. The van der Waals surface area contributed by atoms with Gasteiger partial charge in [-0.05, 0) is 74.2 Å². The quantitative estimate of drug-likeness (QED) is 0.317. The van der Waals surface area contributed by atoms with Gasteiger partial charge in [0, 0.05) is 0 Å². The number of hydrogen-bond acceptors (Lipinski definition) is 6. The average Bonchev–Trinajstić information content (AvgIpc) is 2.82. The molecule has 0 amide bonds. The summed E-state index contributed by atoms with van der Waals surface area (Å²) in [4.78, 5) is 0. The second-order valence-electron chi connectivity index (χ2n) is 9.10. The summed E-state index contributed by atoms with van der Waals surface area (Å²) in [5, 5.41) is 18.8. The van der Waals surface area contributed by atoms with Crippen molar-refractivity contribution >= 4 is 0 Å². The zero-order chi connectivity index (χ0) is 24.6. The molecule has 0 bridgehead atoms. The molecule has 3 aromatic rings.